The van der Waals surface area contributed by atoms with Gasteiger partial charge in [-0.15, -0.1) is 0 Å². The van der Waals surface area contributed by atoms with Gasteiger partial charge >= 0.3 is 6.18 Å². The quantitative estimate of drug-likeness (QED) is 0.320. The summed E-state index contributed by atoms with van der Waals surface area (Å²) in [5.41, 5.74) is 1.43. The maximum absolute atomic E-state index is 13.3. The van der Waals surface area contributed by atoms with E-state index in [1.165, 1.54) is 0 Å². The summed E-state index contributed by atoms with van der Waals surface area (Å²) in [6.07, 6.45) is -4.59. The van der Waals surface area contributed by atoms with Crippen LogP contribution in [0.2, 0.25) is 5.02 Å². The van der Waals surface area contributed by atoms with Gasteiger partial charge in [-0.25, -0.2) is 4.68 Å². The molecule has 0 aliphatic carbocycles. The van der Waals surface area contributed by atoms with Gasteiger partial charge in [0, 0.05) is 0 Å². The number of hydrogen-bond donors (Lipinski definition) is 0. The summed E-state index contributed by atoms with van der Waals surface area (Å²) in [7, 11) is 0. The van der Waals surface area contributed by atoms with Crippen LogP contribution in [0.1, 0.15) is 11.4 Å². The number of hydrogen-bond acceptors (Lipinski definition) is 4. The molecule has 5 rings (SSSR count). The minimum Gasteiger partial charge on any atom is -0.487 e. The molecular weight excluding hydrogens is 469 g/mol. The van der Waals surface area contributed by atoms with Gasteiger partial charge in [0.05, 0.1) is 16.4 Å². The van der Waals surface area contributed by atoms with Crippen molar-refractivity contribution in [3.63, 3.8) is 0 Å². The van der Waals surface area contributed by atoms with Crippen molar-refractivity contribution in [1.29, 1.82) is 0 Å². The molecule has 0 saturated heterocycles. The van der Waals surface area contributed by atoms with E-state index in [0.29, 0.717) is 36.1 Å². The third-order valence-electron chi connectivity index (χ3n) is 5.27. The van der Waals surface area contributed by atoms with Crippen LogP contribution in [0.4, 0.5) is 13.2 Å². The maximum atomic E-state index is 13.3. The van der Waals surface area contributed by atoms with E-state index in [0.717, 1.165) is 21.9 Å². The normalized spacial score (nSPS) is 13.1. The van der Waals surface area contributed by atoms with Crippen LogP contribution in [0.5, 0.6) is 17.2 Å². The molecule has 5 nitrogen and oxygen atoms in total. The number of para-hydroxylation sites is 1. The molecule has 0 bridgehead atoms. The third kappa shape index (κ3) is 4.54. The molecule has 34 heavy (non-hydrogen) atoms. The van der Waals surface area contributed by atoms with Crippen molar-refractivity contribution in [1.82, 2.24) is 9.78 Å². The molecule has 0 fully saturated rings. The van der Waals surface area contributed by atoms with Gasteiger partial charge in [-0.1, -0.05) is 41.9 Å². The summed E-state index contributed by atoms with van der Waals surface area (Å²) in [4.78, 5) is 0. The predicted molar refractivity (Wildman–Crippen MR) is 121 cm³/mol. The molecule has 0 atom stereocenters. The molecule has 9 heteroatoms. The SMILES string of the molecule is FC(F)(F)c1cc(COc2ccc(-c3ccc4c(c3)OCCO4)cc2)n(-c2ccccc2Cl)n1. The molecule has 0 unspecified atom stereocenters. The summed E-state index contributed by atoms with van der Waals surface area (Å²) in [5, 5.41) is 4.00. The van der Waals surface area contributed by atoms with Crippen molar-refractivity contribution in [2.45, 2.75) is 12.8 Å². The van der Waals surface area contributed by atoms with E-state index < -0.39 is 11.9 Å². The summed E-state index contributed by atoms with van der Waals surface area (Å²) in [6, 6.07) is 20.5. The van der Waals surface area contributed by atoms with E-state index in [1.54, 1.807) is 36.4 Å². The molecule has 0 amide bonds. The Balaban J connectivity index is 1.36. The number of rotatable bonds is 5. The lowest BCUT2D eigenvalue weighted by Crippen LogP contribution is -2.15. The van der Waals surface area contributed by atoms with Gasteiger partial charge in [0.2, 0.25) is 0 Å². The number of halogens is 4. The van der Waals surface area contributed by atoms with Crippen molar-refractivity contribution in [2.75, 3.05) is 13.2 Å². The van der Waals surface area contributed by atoms with Crippen molar-refractivity contribution in [3.05, 3.63) is 89.2 Å². The minimum absolute atomic E-state index is 0.127. The Morgan fingerprint density at radius 2 is 1.59 bits per heavy atom. The molecule has 1 aromatic heterocycles. The van der Waals surface area contributed by atoms with Gasteiger partial charge in [-0.3, -0.25) is 0 Å². The van der Waals surface area contributed by atoms with Crippen molar-refractivity contribution < 1.29 is 27.4 Å². The van der Waals surface area contributed by atoms with Gasteiger partial charge in [0.25, 0.3) is 0 Å². The summed E-state index contributed by atoms with van der Waals surface area (Å²) < 4.78 is 58.0. The van der Waals surface area contributed by atoms with Crippen molar-refractivity contribution in [3.8, 4) is 34.1 Å². The smallest absolute Gasteiger partial charge is 0.435 e. The Labute approximate surface area is 198 Å². The molecule has 4 aromatic rings. The molecule has 1 aliphatic rings. The van der Waals surface area contributed by atoms with Gasteiger partial charge in [-0.05, 0) is 53.6 Å². The standard InChI is InChI=1S/C25H18ClF3N2O3/c26-20-3-1-2-4-21(20)31-18(14-24(30-31)25(27,28)29)15-34-19-8-5-16(6-9-19)17-7-10-22-23(13-17)33-12-11-32-22/h1-10,13-14H,11-12,15H2. The lowest BCUT2D eigenvalue weighted by Gasteiger charge is -2.19. The average molecular weight is 487 g/mol. The fourth-order valence-electron chi connectivity index (χ4n) is 3.62. The van der Waals surface area contributed by atoms with Gasteiger partial charge < -0.3 is 14.2 Å². The summed E-state index contributed by atoms with van der Waals surface area (Å²) >= 11 is 6.19. The van der Waals surface area contributed by atoms with Gasteiger partial charge in [0.1, 0.15) is 25.6 Å². The first-order valence-corrected chi connectivity index (χ1v) is 10.8. The highest BCUT2D eigenvalue weighted by molar-refractivity contribution is 6.32. The number of benzene rings is 3. The van der Waals surface area contributed by atoms with Crippen molar-refractivity contribution in [2.24, 2.45) is 0 Å². The monoisotopic (exact) mass is 486 g/mol. The zero-order valence-corrected chi connectivity index (χ0v) is 18.4. The van der Waals surface area contributed by atoms with E-state index in [2.05, 4.69) is 5.10 Å². The number of alkyl halides is 3. The molecule has 0 N–H and O–H groups in total. The molecule has 3 aromatic carbocycles. The first-order chi connectivity index (χ1) is 16.4. The molecule has 1 aliphatic heterocycles. The van der Waals surface area contributed by atoms with Crippen LogP contribution in [0, 0.1) is 0 Å². The van der Waals surface area contributed by atoms with Crippen LogP contribution in [-0.4, -0.2) is 23.0 Å². The largest absolute Gasteiger partial charge is 0.487 e. The molecule has 0 radical (unpaired) electrons. The van der Waals surface area contributed by atoms with Crippen molar-refractivity contribution >= 4 is 11.6 Å². The number of fused-ring (bicyclic) bond motifs is 1. The summed E-state index contributed by atoms with van der Waals surface area (Å²) in [5.74, 6) is 1.91. The lowest BCUT2D eigenvalue weighted by molar-refractivity contribution is -0.141. The number of nitrogens with zero attached hydrogens (tertiary/aromatic N) is 2. The van der Waals surface area contributed by atoms with E-state index in [4.69, 9.17) is 25.8 Å². The van der Waals surface area contributed by atoms with E-state index >= 15 is 0 Å². The minimum atomic E-state index is -4.59. The highest BCUT2D eigenvalue weighted by Crippen LogP contribution is 2.35. The second kappa shape index (κ2) is 8.95. The fourth-order valence-corrected chi connectivity index (χ4v) is 3.83. The highest BCUT2D eigenvalue weighted by atomic mass is 35.5. The van der Waals surface area contributed by atoms with Crippen LogP contribution in [0.25, 0.3) is 16.8 Å². The summed E-state index contributed by atoms with van der Waals surface area (Å²) in [6.45, 7) is 0.903. The Hall–Kier alpha value is -3.65. The van der Waals surface area contributed by atoms with Crippen LogP contribution >= 0.6 is 11.6 Å². The van der Waals surface area contributed by atoms with Crippen LogP contribution < -0.4 is 14.2 Å². The third-order valence-corrected chi connectivity index (χ3v) is 5.59. The van der Waals surface area contributed by atoms with Crippen LogP contribution in [0.3, 0.4) is 0 Å². The first kappa shape index (κ1) is 22.2. The highest BCUT2D eigenvalue weighted by Gasteiger charge is 2.35. The van der Waals surface area contributed by atoms with Crippen LogP contribution in [-0.2, 0) is 12.8 Å². The topological polar surface area (TPSA) is 45.5 Å². The second-order valence-corrected chi connectivity index (χ2v) is 7.96. The van der Waals surface area contributed by atoms with E-state index in [1.807, 2.05) is 30.3 Å². The van der Waals surface area contributed by atoms with Gasteiger partial charge in [0.15, 0.2) is 17.2 Å². The second-order valence-electron chi connectivity index (χ2n) is 7.55. The zero-order chi connectivity index (χ0) is 23.7. The van der Waals surface area contributed by atoms with Gasteiger partial charge in [-0.2, -0.15) is 18.3 Å². The fraction of sp³-hybridized carbons (Fsp3) is 0.160. The Bertz CT molecular complexity index is 1320. The van der Waals surface area contributed by atoms with E-state index in [9.17, 15) is 13.2 Å². The zero-order valence-electron chi connectivity index (χ0n) is 17.7. The average Bonchev–Trinajstić information content (AvgIpc) is 3.28. The van der Waals surface area contributed by atoms with Crippen LogP contribution in [0.15, 0.2) is 72.8 Å². The first-order valence-electron chi connectivity index (χ1n) is 10.4. The maximum Gasteiger partial charge on any atom is 0.435 e. The lowest BCUT2D eigenvalue weighted by atomic mass is 10.0. The molecule has 2 heterocycles. The number of aromatic nitrogens is 2. The molecular formula is C25H18ClF3N2O3. The Morgan fingerprint density at radius 1 is 0.882 bits per heavy atom. The Kier molecular flexibility index (Phi) is 5.83. The Morgan fingerprint density at radius 3 is 2.32 bits per heavy atom. The van der Waals surface area contributed by atoms with E-state index in [-0.39, 0.29) is 17.3 Å². The molecule has 0 spiro atoms. The molecule has 0 saturated carbocycles. The predicted octanol–water partition coefficient (Wildman–Crippen LogP) is 6.56. The molecule has 174 valence electrons. The number of ether oxygens (including phenoxy) is 3.